The minimum absolute atomic E-state index is 0.0222. The SMILES string of the molecule is CCN(C)c1cnn(CCNC2CCCC2)c(=O)c1. The van der Waals surface area contributed by atoms with Crippen LogP contribution in [0.1, 0.15) is 32.6 Å². The predicted octanol–water partition coefficient (Wildman–Crippen LogP) is 1.23. The molecule has 0 unspecified atom stereocenters. The van der Waals surface area contributed by atoms with Crippen molar-refractivity contribution in [3.05, 3.63) is 22.6 Å². The normalized spacial score (nSPS) is 15.9. The fourth-order valence-corrected chi connectivity index (χ4v) is 2.49. The Labute approximate surface area is 114 Å². The summed E-state index contributed by atoms with van der Waals surface area (Å²) in [7, 11) is 1.96. The lowest BCUT2D eigenvalue weighted by atomic mass is 10.2. The van der Waals surface area contributed by atoms with Gasteiger partial charge in [-0.15, -0.1) is 0 Å². The zero-order valence-corrected chi connectivity index (χ0v) is 11.9. The van der Waals surface area contributed by atoms with Gasteiger partial charge in [0.05, 0.1) is 18.4 Å². The van der Waals surface area contributed by atoms with Gasteiger partial charge in [-0.3, -0.25) is 4.79 Å². The Bertz CT molecular complexity index is 451. The first-order chi connectivity index (χ1) is 9.20. The molecule has 1 aromatic heterocycles. The average molecular weight is 264 g/mol. The molecule has 1 aliphatic carbocycles. The molecule has 0 amide bonds. The zero-order chi connectivity index (χ0) is 13.7. The molecule has 1 aliphatic rings. The molecule has 0 aromatic carbocycles. The van der Waals surface area contributed by atoms with Gasteiger partial charge in [0.2, 0.25) is 0 Å². The third-order valence-corrected chi connectivity index (χ3v) is 3.88. The lowest BCUT2D eigenvalue weighted by Gasteiger charge is -2.16. The number of nitrogens with zero attached hydrogens (tertiary/aromatic N) is 3. The molecule has 1 saturated carbocycles. The average Bonchev–Trinajstić information content (AvgIpc) is 2.93. The zero-order valence-electron chi connectivity index (χ0n) is 11.9. The van der Waals surface area contributed by atoms with Crippen LogP contribution in [-0.4, -0.2) is 36.0 Å². The molecule has 19 heavy (non-hydrogen) atoms. The van der Waals surface area contributed by atoms with E-state index in [1.165, 1.54) is 30.4 Å². The van der Waals surface area contributed by atoms with Crippen LogP contribution in [0, 0.1) is 0 Å². The van der Waals surface area contributed by atoms with Gasteiger partial charge in [0.1, 0.15) is 0 Å². The van der Waals surface area contributed by atoms with Crippen molar-refractivity contribution in [3.63, 3.8) is 0 Å². The second-order valence-electron chi connectivity index (χ2n) is 5.22. The second kappa shape index (κ2) is 6.70. The Hall–Kier alpha value is -1.36. The van der Waals surface area contributed by atoms with E-state index in [-0.39, 0.29) is 5.56 Å². The summed E-state index contributed by atoms with van der Waals surface area (Å²) in [5, 5.41) is 7.73. The monoisotopic (exact) mass is 264 g/mol. The number of aromatic nitrogens is 2. The summed E-state index contributed by atoms with van der Waals surface area (Å²) in [5.74, 6) is 0. The van der Waals surface area contributed by atoms with Gasteiger partial charge in [0.25, 0.3) is 5.56 Å². The number of rotatable bonds is 6. The maximum Gasteiger partial charge on any atom is 0.268 e. The van der Waals surface area contributed by atoms with Crippen molar-refractivity contribution < 1.29 is 0 Å². The second-order valence-corrected chi connectivity index (χ2v) is 5.22. The molecule has 1 fully saturated rings. The molecule has 106 valence electrons. The quantitative estimate of drug-likeness (QED) is 0.839. The van der Waals surface area contributed by atoms with Gasteiger partial charge in [0.15, 0.2) is 0 Å². The summed E-state index contributed by atoms with van der Waals surface area (Å²) in [5.41, 5.74) is 0.860. The molecular weight excluding hydrogens is 240 g/mol. The fourth-order valence-electron chi connectivity index (χ4n) is 2.49. The van der Waals surface area contributed by atoms with Crippen LogP contribution in [0.3, 0.4) is 0 Å². The molecule has 1 N–H and O–H groups in total. The molecule has 0 bridgehead atoms. The van der Waals surface area contributed by atoms with Crippen LogP contribution in [-0.2, 0) is 6.54 Å². The highest BCUT2D eigenvalue weighted by Gasteiger charge is 2.13. The molecule has 2 rings (SSSR count). The van der Waals surface area contributed by atoms with E-state index < -0.39 is 0 Å². The smallest absolute Gasteiger partial charge is 0.268 e. The van der Waals surface area contributed by atoms with E-state index in [2.05, 4.69) is 17.3 Å². The number of nitrogens with one attached hydrogen (secondary N) is 1. The van der Waals surface area contributed by atoms with Crippen LogP contribution in [0.5, 0.6) is 0 Å². The Morgan fingerprint density at radius 3 is 2.84 bits per heavy atom. The van der Waals surface area contributed by atoms with E-state index in [1.54, 1.807) is 12.3 Å². The number of anilines is 1. The van der Waals surface area contributed by atoms with Crippen molar-refractivity contribution in [1.29, 1.82) is 0 Å². The standard InChI is InChI=1S/C14H24N4O/c1-3-17(2)13-10-14(19)18(16-11-13)9-8-15-12-6-4-5-7-12/h10-12,15H,3-9H2,1-2H3. The number of hydrogen-bond acceptors (Lipinski definition) is 4. The molecule has 0 saturated heterocycles. The van der Waals surface area contributed by atoms with E-state index in [0.29, 0.717) is 12.6 Å². The van der Waals surface area contributed by atoms with Crippen LogP contribution in [0.4, 0.5) is 5.69 Å². The molecule has 0 spiro atoms. The molecule has 1 heterocycles. The maximum atomic E-state index is 11.9. The van der Waals surface area contributed by atoms with E-state index in [4.69, 9.17) is 0 Å². The Kier molecular flexibility index (Phi) is 4.96. The molecule has 5 nitrogen and oxygen atoms in total. The van der Waals surface area contributed by atoms with Gasteiger partial charge < -0.3 is 10.2 Å². The van der Waals surface area contributed by atoms with Crippen LogP contribution in [0.15, 0.2) is 17.1 Å². The van der Waals surface area contributed by atoms with Gasteiger partial charge in [-0.05, 0) is 19.8 Å². The van der Waals surface area contributed by atoms with Crippen molar-refractivity contribution >= 4 is 5.69 Å². The van der Waals surface area contributed by atoms with Crippen LogP contribution >= 0.6 is 0 Å². The van der Waals surface area contributed by atoms with Gasteiger partial charge in [-0.2, -0.15) is 5.10 Å². The Morgan fingerprint density at radius 2 is 2.21 bits per heavy atom. The number of hydrogen-bond donors (Lipinski definition) is 1. The van der Waals surface area contributed by atoms with E-state index >= 15 is 0 Å². The van der Waals surface area contributed by atoms with Crippen LogP contribution in [0.25, 0.3) is 0 Å². The highest BCUT2D eigenvalue weighted by atomic mass is 16.1. The van der Waals surface area contributed by atoms with Crippen molar-refractivity contribution in [2.75, 3.05) is 25.0 Å². The molecule has 5 heteroatoms. The fraction of sp³-hybridized carbons (Fsp3) is 0.714. The summed E-state index contributed by atoms with van der Waals surface area (Å²) < 4.78 is 1.54. The summed E-state index contributed by atoms with van der Waals surface area (Å²) in [6.45, 7) is 4.39. The first kappa shape index (κ1) is 14.1. The van der Waals surface area contributed by atoms with E-state index in [1.807, 2.05) is 11.9 Å². The summed E-state index contributed by atoms with van der Waals surface area (Å²) in [6.07, 6.45) is 6.95. The lowest BCUT2D eigenvalue weighted by Crippen LogP contribution is -2.33. The van der Waals surface area contributed by atoms with Crippen molar-refractivity contribution in [1.82, 2.24) is 15.1 Å². The first-order valence-electron chi connectivity index (χ1n) is 7.22. The van der Waals surface area contributed by atoms with E-state index in [0.717, 1.165) is 18.8 Å². The van der Waals surface area contributed by atoms with Crippen molar-refractivity contribution in [2.24, 2.45) is 0 Å². The predicted molar refractivity (Wildman–Crippen MR) is 77.7 cm³/mol. The largest absolute Gasteiger partial charge is 0.373 e. The topological polar surface area (TPSA) is 50.2 Å². The maximum absolute atomic E-state index is 11.9. The van der Waals surface area contributed by atoms with Crippen LogP contribution in [0.2, 0.25) is 0 Å². The summed E-state index contributed by atoms with van der Waals surface area (Å²) in [4.78, 5) is 13.9. The van der Waals surface area contributed by atoms with E-state index in [9.17, 15) is 4.79 Å². The van der Waals surface area contributed by atoms with Gasteiger partial charge in [-0.25, -0.2) is 4.68 Å². The summed E-state index contributed by atoms with van der Waals surface area (Å²) in [6, 6.07) is 2.30. The van der Waals surface area contributed by atoms with Gasteiger partial charge >= 0.3 is 0 Å². The Morgan fingerprint density at radius 1 is 1.47 bits per heavy atom. The minimum atomic E-state index is -0.0222. The third kappa shape index (κ3) is 3.80. The van der Waals surface area contributed by atoms with Crippen molar-refractivity contribution in [3.8, 4) is 0 Å². The van der Waals surface area contributed by atoms with Crippen molar-refractivity contribution in [2.45, 2.75) is 45.2 Å². The molecule has 0 aliphatic heterocycles. The lowest BCUT2D eigenvalue weighted by molar-refractivity contribution is 0.470. The van der Waals surface area contributed by atoms with Crippen LogP contribution < -0.4 is 15.8 Å². The molecular formula is C14H24N4O. The summed E-state index contributed by atoms with van der Waals surface area (Å²) >= 11 is 0. The van der Waals surface area contributed by atoms with Gasteiger partial charge in [0, 0.05) is 32.2 Å². The molecule has 0 atom stereocenters. The highest BCUT2D eigenvalue weighted by molar-refractivity contribution is 5.41. The molecule has 0 radical (unpaired) electrons. The molecule has 1 aromatic rings. The minimum Gasteiger partial charge on any atom is -0.373 e. The Balaban J connectivity index is 1.88. The third-order valence-electron chi connectivity index (χ3n) is 3.88. The highest BCUT2D eigenvalue weighted by Crippen LogP contribution is 2.17. The first-order valence-corrected chi connectivity index (χ1v) is 7.22. The van der Waals surface area contributed by atoms with Gasteiger partial charge in [-0.1, -0.05) is 12.8 Å².